The van der Waals surface area contributed by atoms with Gasteiger partial charge in [-0.2, -0.15) is 0 Å². The number of rotatable bonds is 5. The number of hydrogen-bond donors (Lipinski definition) is 1. The average Bonchev–Trinajstić information content (AvgIpc) is 2.98. The van der Waals surface area contributed by atoms with Crippen LogP contribution in [0.4, 0.5) is 0 Å². The van der Waals surface area contributed by atoms with Gasteiger partial charge >= 0.3 is 0 Å². The summed E-state index contributed by atoms with van der Waals surface area (Å²) in [5.41, 5.74) is 0.289. The summed E-state index contributed by atoms with van der Waals surface area (Å²) in [4.78, 5) is 12.0. The fourth-order valence-electron chi connectivity index (χ4n) is 1.80. The molecule has 0 aliphatic heterocycles. The van der Waals surface area contributed by atoms with Crippen LogP contribution < -0.4 is 5.32 Å². The van der Waals surface area contributed by atoms with E-state index in [1.165, 1.54) is 0 Å². The first-order chi connectivity index (χ1) is 9.11. The van der Waals surface area contributed by atoms with Crippen LogP contribution in [0.5, 0.6) is 0 Å². The van der Waals surface area contributed by atoms with E-state index >= 15 is 0 Å². The SMILES string of the molecule is CCCc1cc(C(=O)N[C@H](C)c2nncn2C)no1. The highest BCUT2D eigenvalue weighted by Gasteiger charge is 2.18. The van der Waals surface area contributed by atoms with Gasteiger partial charge in [-0.05, 0) is 13.3 Å². The number of aryl methyl sites for hydroxylation is 2. The van der Waals surface area contributed by atoms with E-state index in [9.17, 15) is 4.79 Å². The third kappa shape index (κ3) is 2.98. The van der Waals surface area contributed by atoms with E-state index in [2.05, 4.69) is 20.7 Å². The molecule has 0 radical (unpaired) electrons. The minimum Gasteiger partial charge on any atom is -0.361 e. The zero-order valence-electron chi connectivity index (χ0n) is 11.3. The molecule has 0 aliphatic rings. The van der Waals surface area contributed by atoms with Crippen molar-refractivity contribution in [3.05, 3.63) is 29.7 Å². The van der Waals surface area contributed by atoms with E-state index < -0.39 is 0 Å². The lowest BCUT2D eigenvalue weighted by Gasteiger charge is -2.11. The van der Waals surface area contributed by atoms with Gasteiger partial charge in [0.2, 0.25) is 0 Å². The Bertz CT molecular complexity index is 560. The lowest BCUT2D eigenvalue weighted by molar-refractivity contribution is 0.0928. The third-order valence-corrected chi connectivity index (χ3v) is 2.77. The van der Waals surface area contributed by atoms with Gasteiger partial charge in [0.1, 0.15) is 12.1 Å². The first-order valence-corrected chi connectivity index (χ1v) is 6.22. The van der Waals surface area contributed by atoms with Gasteiger partial charge in [0, 0.05) is 19.5 Å². The lowest BCUT2D eigenvalue weighted by atomic mass is 10.2. The second-order valence-corrected chi connectivity index (χ2v) is 4.42. The van der Waals surface area contributed by atoms with Crippen molar-refractivity contribution in [2.24, 2.45) is 7.05 Å². The summed E-state index contributed by atoms with van der Waals surface area (Å²) in [6, 6.07) is 1.42. The van der Waals surface area contributed by atoms with Crippen LogP contribution in [0.15, 0.2) is 16.9 Å². The number of hydrogen-bond acceptors (Lipinski definition) is 5. The van der Waals surface area contributed by atoms with Crippen molar-refractivity contribution in [3.8, 4) is 0 Å². The van der Waals surface area contributed by atoms with Gasteiger partial charge in [-0.1, -0.05) is 12.1 Å². The molecule has 7 nitrogen and oxygen atoms in total. The van der Waals surface area contributed by atoms with E-state index in [1.807, 2.05) is 20.9 Å². The normalized spacial score (nSPS) is 12.4. The molecule has 1 N–H and O–H groups in total. The molecule has 0 aliphatic carbocycles. The van der Waals surface area contributed by atoms with Crippen LogP contribution >= 0.6 is 0 Å². The molecule has 0 unspecified atom stereocenters. The molecule has 2 heterocycles. The van der Waals surface area contributed by atoms with E-state index in [4.69, 9.17) is 4.52 Å². The minimum absolute atomic E-state index is 0.244. The zero-order valence-corrected chi connectivity index (χ0v) is 11.3. The highest BCUT2D eigenvalue weighted by molar-refractivity contribution is 5.92. The Morgan fingerprint density at radius 3 is 3.00 bits per heavy atom. The number of amides is 1. The van der Waals surface area contributed by atoms with Gasteiger partial charge in [0.05, 0.1) is 6.04 Å². The Morgan fingerprint density at radius 2 is 2.37 bits per heavy atom. The Labute approximate surface area is 111 Å². The first kappa shape index (κ1) is 13.3. The van der Waals surface area contributed by atoms with Crippen molar-refractivity contribution >= 4 is 5.91 Å². The fourth-order valence-corrected chi connectivity index (χ4v) is 1.80. The van der Waals surface area contributed by atoms with Crippen molar-refractivity contribution in [1.82, 2.24) is 25.2 Å². The molecule has 102 valence electrons. The molecule has 2 aromatic rings. The van der Waals surface area contributed by atoms with Crippen molar-refractivity contribution in [3.63, 3.8) is 0 Å². The molecule has 0 fully saturated rings. The molecular weight excluding hydrogens is 246 g/mol. The van der Waals surface area contributed by atoms with Crippen LogP contribution in [0.2, 0.25) is 0 Å². The monoisotopic (exact) mass is 263 g/mol. The molecule has 0 saturated heterocycles. The fraction of sp³-hybridized carbons (Fsp3) is 0.500. The van der Waals surface area contributed by atoms with Gasteiger partial charge in [0.25, 0.3) is 5.91 Å². The summed E-state index contributed by atoms with van der Waals surface area (Å²) >= 11 is 0. The smallest absolute Gasteiger partial charge is 0.274 e. The maximum Gasteiger partial charge on any atom is 0.274 e. The quantitative estimate of drug-likeness (QED) is 0.877. The van der Waals surface area contributed by atoms with Gasteiger partial charge in [-0.15, -0.1) is 10.2 Å². The standard InChI is InChI=1S/C12H17N5O2/c1-4-5-9-6-10(16-19-9)12(18)14-8(2)11-15-13-7-17(11)3/h6-8H,4-5H2,1-3H3,(H,14,18)/t8-/m1/s1. The van der Waals surface area contributed by atoms with E-state index in [-0.39, 0.29) is 17.6 Å². The molecule has 2 aromatic heterocycles. The molecule has 1 atom stereocenters. The van der Waals surface area contributed by atoms with Crippen molar-refractivity contribution < 1.29 is 9.32 Å². The predicted molar refractivity (Wildman–Crippen MR) is 67.4 cm³/mol. The molecule has 2 rings (SSSR count). The number of carbonyl (C=O) groups excluding carboxylic acids is 1. The number of nitrogens with zero attached hydrogens (tertiary/aromatic N) is 4. The number of aromatic nitrogens is 4. The third-order valence-electron chi connectivity index (χ3n) is 2.77. The molecular formula is C12H17N5O2. The van der Waals surface area contributed by atoms with Crippen LogP contribution in [-0.4, -0.2) is 25.8 Å². The van der Waals surface area contributed by atoms with Crippen molar-refractivity contribution in [2.45, 2.75) is 32.7 Å². The molecule has 1 amide bonds. The van der Waals surface area contributed by atoms with Crippen LogP contribution in [0, 0.1) is 0 Å². The van der Waals surface area contributed by atoms with Crippen LogP contribution in [0.25, 0.3) is 0 Å². The molecule has 0 aromatic carbocycles. The van der Waals surface area contributed by atoms with Crippen LogP contribution in [-0.2, 0) is 13.5 Å². The van der Waals surface area contributed by atoms with Gasteiger partial charge in [-0.3, -0.25) is 4.79 Å². The van der Waals surface area contributed by atoms with Gasteiger partial charge < -0.3 is 14.4 Å². The zero-order chi connectivity index (χ0) is 13.8. The summed E-state index contributed by atoms with van der Waals surface area (Å²) in [7, 11) is 1.83. The topological polar surface area (TPSA) is 85.8 Å². The highest BCUT2D eigenvalue weighted by Crippen LogP contribution is 2.10. The van der Waals surface area contributed by atoms with Crippen molar-refractivity contribution in [1.29, 1.82) is 0 Å². The molecule has 19 heavy (non-hydrogen) atoms. The molecule has 0 saturated carbocycles. The molecule has 7 heteroatoms. The van der Waals surface area contributed by atoms with E-state index in [0.717, 1.165) is 18.6 Å². The molecule has 0 bridgehead atoms. The van der Waals surface area contributed by atoms with Gasteiger partial charge in [0.15, 0.2) is 11.5 Å². The summed E-state index contributed by atoms with van der Waals surface area (Å²) in [6.45, 7) is 3.88. The second kappa shape index (κ2) is 5.64. The molecule has 0 spiro atoms. The van der Waals surface area contributed by atoms with E-state index in [1.54, 1.807) is 17.0 Å². The maximum atomic E-state index is 12.0. The highest BCUT2D eigenvalue weighted by atomic mass is 16.5. The summed E-state index contributed by atoms with van der Waals surface area (Å²) in [5.74, 6) is 1.13. The Kier molecular flexibility index (Phi) is 3.94. The Hall–Kier alpha value is -2.18. The van der Waals surface area contributed by atoms with Crippen LogP contribution in [0.3, 0.4) is 0 Å². The lowest BCUT2D eigenvalue weighted by Crippen LogP contribution is -2.28. The largest absolute Gasteiger partial charge is 0.361 e. The summed E-state index contributed by atoms with van der Waals surface area (Å²) in [5, 5.41) is 14.3. The Balaban J connectivity index is 2.02. The number of carbonyl (C=O) groups is 1. The maximum absolute atomic E-state index is 12.0. The van der Waals surface area contributed by atoms with Crippen LogP contribution in [0.1, 0.15) is 48.4 Å². The average molecular weight is 263 g/mol. The van der Waals surface area contributed by atoms with Gasteiger partial charge in [-0.25, -0.2) is 0 Å². The predicted octanol–water partition coefficient (Wildman–Crippen LogP) is 1.25. The number of nitrogens with one attached hydrogen (secondary N) is 1. The summed E-state index contributed by atoms with van der Waals surface area (Å²) < 4.78 is 6.84. The van der Waals surface area contributed by atoms with E-state index in [0.29, 0.717) is 5.82 Å². The van der Waals surface area contributed by atoms with Crippen molar-refractivity contribution in [2.75, 3.05) is 0 Å². The second-order valence-electron chi connectivity index (χ2n) is 4.42. The summed E-state index contributed by atoms with van der Waals surface area (Å²) in [6.07, 6.45) is 3.32. The Morgan fingerprint density at radius 1 is 1.58 bits per heavy atom. The first-order valence-electron chi connectivity index (χ1n) is 6.22. The minimum atomic E-state index is -0.276.